The Labute approximate surface area is 140 Å². The summed E-state index contributed by atoms with van der Waals surface area (Å²) in [6.07, 6.45) is 0.483. The number of alkyl carbamates (subject to hydrolysis) is 1. The molecular formula is C18H19ClN2O2. The summed E-state index contributed by atoms with van der Waals surface area (Å²) in [4.78, 5) is 11.4. The number of ether oxygens (including phenoxy) is 1. The third-order valence-electron chi connectivity index (χ3n) is 4.45. The fourth-order valence-electron chi connectivity index (χ4n) is 3.40. The smallest absolute Gasteiger partial charge is 0.407 e. The predicted octanol–water partition coefficient (Wildman–Crippen LogP) is 4.41. The minimum absolute atomic E-state index is 0. The van der Waals surface area contributed by atoms with Gasteiger partial charge in [0.2, 0.25) is 0 Å². The van der Waals surface area contributed by atoms with Crippen LogP contribution in [-0.2, 0) is 11.3 Å². The zero-order valence-electron chi connectivity index (χ0n) is 12.9. The van der Waals surface area contributed by atoms with Crippen molar-refractivity contribution in [3.8, 4) is 0 Å². The van der Waals surface area contributed by atoms with Crippen LogP contribution < -0.4 is 5.32 Å². The SMILES string of the molecule is CCn1c2ccccc2c2cc([C@@H]3CCOC(=O)N3)ccc21.Cl. The van der Waals surface area contributed by atoms with E-state index in [1.165, 1.54) is 21.8 Å². The number of cyclic esters (lactones) is 1. The summed E-state index contributed by atoms with van der Waals surface area (Å²) in [6, 6.07) is 15.0. The molecule has 1 aliphatic rings. The number of hydrogen-bond acceptors (Lipinski definition) is 2. The fraction of sp³-hybridized carbons (Fsp3) is 0.278. The van der Waals surface area contributed by atoms with Gasteiger partial charge in [0.1, 0.15) is 0 Å². The Bertz CT molecular complexity index is 872. The first kappa shape index (κ1) is 15.7. The molecule has 1 aliphatic heterocycles. The van der Waals surface area contributed by atoms with E-state index in [2.05, 4.69) is 59.3 Å². The van der Waals surface area contributed by atoms with Gasteiger partial charge in [-0.15, -0.1) is 12.4 Å². The Morgan fingerprint density at radius 3 is 2.74 bits per heavy atom. The lowest BCUT2D eigenvalue weighted by Gasteiger charge is -2.23. The van der Waals surface area contributed by atoms with E-state index < -0.39 is 0 Å². The largest absolute Gasteiger partial charge is 0.449 e. The minimum Gasteiger partial charge on any atom is -0.449 e. The lowest BCUT2D eigenvalue weighted by molar-refractivity contribution is 0.115. The molecular weight excluding hydrogens is 312 g/mol. The molecule has 1 aromatic heterocycles. The van der Waals surface area contributed by atoms with Crippen molar-refractivity contribution >= 4 is 40.3 Å². The van der Waals surface area contributed by atoms with Gasteiger partial charge in [-0.25, -0.2) is 4.79 Å². The molecule has 120 valence electrons. The van der Waals surface area contributed by atoms with Crippen molar-refractivity contribution in [1.29, 1.82) is 0 Å². The molecule has 23 heavy (non-hydrogen) atoms. The van der Waals surface area contributed by atoms with Crippen LogP contribution in [0.25, 0.3) is 21.8 Å². The molecule has 0 spiro atoms. The molecule has 2 aromatic carbocycles. The second kappa shape index (κ2) is 6.13. The summed E-state index contributed by atoms with van der Waals surface area (Å²) >= 11 is 0. The first-order valence-electron chi connectivity index (χ1n) is 7.72. The Hall–Kier alpha value is -2.20. The number of amides is 1. The molecule has 1 atom stereocenters. The van der Waals surface area contributed by atoms with E-state index in [0.29, 0.717) is 6.61 Å². The molecule has 0 unspecified atom stereocenters. The lowest BCUT2D eigenvalue weighted by Crippen LogP contribution is -2.35. The van der Waals surface area contributed by atoms with Gasteiger partial charge in [0.25, 0.3) is 0 Å². The summed E-state index contributed by atoms with van der Waals surface area (Å²) in [5, 5.41) is 5.41. The van der Waals surface area contributed by atoms with Gasteiger partial charge < -0.3 is 14.6 Å². The summed E-state index contributed by atoms with van der Waals surface area (Å²) < 4.78 is 7.29. The van der Waals surface area contributed by atoms with Crippen molar-refractivity contribution in [2.45, 2.75) is 25.9 Å². The fourth-order valence-corrected chi connectivity index (χ4v) is 3.40. The number of rotatable bonds is 2. The summed E-state index contributed by atoms with van der Waals surface area (Å²) in [5.41, 5.74) is 3.64. The first-order valence-corrected chi connectivity index (χ1v) is 7.72. The van der Waals surface area contributed by atoms with Crippen LogP contribution in [0, 0.1) is 0 Å². The van der Waals surface area contributed by atoms with Crippen LogP contribution in [0.3, 0.4) is 0 Å². The standard InChI is InChI=1S/C18H18N2O2.ClH/c1-2-20-16-6-4-3-5-13(16)14-11-12(7-8-17(14)20)15-9-10-22-18(21)19-15;/h3-8,11,15H,2,9-10H2,1H3,(H,19,21);1H/t15-;/m0./s1. The third-order valence-corrected chi connectivity index (χ3v) is 4.45. The van der Waals surface area contributed by atoms with Crippen molar-refractivity contribution in [2.24, 2.45) is 0 Å². The highest BCUT2D eigenvalue weighted by atomic mass is 35.5. The van der Waals surface area contributed by atoms with Gasteiger partial charge in [0.15, 0.2) is 0 Å². The molecule has 2 heterocycles. The van der Waals surface area contributed by atoms with Gasteiger partial charge in [-0.05, 0) is 30.7 Å². The van der Waals surface area contributed by atoms with Gasteiger partial charge in [-0.2, -0.15) is 0 Å². The summed E-state index contributed by atoms with van der Waals surface area (Å²) in [7, 11) is 0. The number of fused-ring (bicyclic) bond motifs is 3. The van der Waals surface area contributed by atoms with Gasteiger partial charge in [0.05, 0.1) is 12.6 Å². The Kier molecular flexibility index (Phi) is 4.18. The number of carbonyl (C=O) groups excluding carboxylic acids is 1. The van der Waals surface area contributed by atoms with Crippen LogP contribution in [0.2, 0.25) is 0 Å². The van der Waals surface area contributed by atoms with E-state index in [1.807, 2.05) is 0 Å². The number of para-hydroxylation sites is 1. The van der Waals surface area contributed by atoms with Crippen molar-refractivity contribution < 1.29 is 9.53 Å². The monoisotopic (exact) mass is 330 g/mol. The molecule has 3 aromatic rings. The van der Waals surface area contributed by atoms with E-state index in [4.69, 9.17) is 4.74 Å². The van der Waals surface area contributed by atoms with Gasteiger partial charge in [-0.3, -0.25) is 0 Å². The van der Waals surface area contributed by atoms with Crippen LogP contribution in [-0.4, -0.2) is 17.3 Å². The quantitative estimate of drug-likeness (QED) is 0.756. The number of aryl methyl sites for hydroxylation is 1. The summed E-state index contributed by atoms with van der Waals surface area (Å²) in [6.45, 7) is 3.58. The highest BCUT2D eigenvalue weighted by Gasteiger charge is 2.21. The lowest BCUT2D eigenvalue weighted by atomic mass is 10.0. The highest BCUT2D eigenvalue weighted by molar-refractivity contribution is 6.08. The molecule has 0 aliphatic carbocycles. The molecule has 1 N–H and O–H groups in total. The minimum atomic E-state index is -0.327. The number of carbonyl (C=O) groups is 1. The molecule has 5 heteroatoms. The van der Waals surface area contributed by atoms with Crippen molar-refractivity contribution in [1.82, 2.24) is 9.88 Å². The Morgan fingerprint density at radius 2 is 1.96 bits per heavy atom. The van der Waals surface area contributed by atoms with Crippen molar-refractivity contribution in [3.63, 3.8) is 0 Å². The molecule has 4 nitrogen and oxygen atoms in total. The summed E-state index contributed by atoms with van der Waals surface area (Å²) in [5.74, 6) is 0. The maximum Gasteiger partial charge on any atom is 0.407 e. The van der Waals surface area contributed by atoms with Crippen molar-refractivity contribution in [2.75, 3.05) is 6.61 Å². The molecule has 0 saturated carbocycles. The maximum absolute atomic E-state index is 11.4. The number of nitrogens with one attached hydrogen (secondary N) is 1. The molecule has 1 amide bonds. The van der Waals surface area contributed by atoms with Crippen LogP contribution in [0.4, 0.5) is 4.79 Å². The second-order valence-corrected chi connectivity index (χ2v) is 5.66. The van der Waals surface area contributed by atoms with Crippen LogP contribution in [0.15, 0.2) is 42.5 Å². The van der Waals surface area contributed by atoms with Crippen LogP contribution in [0.5, 0.6) is 0 Å². The molecule has 0 radical (unpaired) electrons. The van der Waals surface area contributed by atoms with E-state index in [1.54, 1.807) is 0 Å². The maximum atomic E-state index is 11.4. The topological polar surface area (TPSA) is 43.3 Å². The Balaban J connectivity index is 0.00000156. The number of halogens is 1. The number of benzene rings is 2. The molecule has 4 rings (SSSR count). The number of nitrogens with zero attached hydrogens (tertiary/aromatic N) is 1. The van der Waals surface area contributed by atoms with Gasteiger partial charge in [0, 0.05) is 34.8 Å². The van der Waals surface area contributed by atoms with Gasteiger partial charge >= 0.3 is 6.09 Å². The average Bonchev–Trinajstić information content (AvgIpc) is 2.88. The zero-order chi connectivity index (χ0) is 15.1. The number of aromatic nitrogens is 1. The van der Waals surface area contributed by atoms with Crippen LogP contribution in [0.1, 0.15) is 24.9 Å². The van der Waals surface area contributed by atoms with E-state index in [-0.39, 0.29) is 24.5 Å². The van der Waals surface area contributed by atoms with E-state index >= 15 is 0 Å². The second-order valence-electron chi connectivity index (χ2n) is 5.66. The van der Waals surface area contributed by atoms with E-state index in [9.17, 15) is 4.79 Å². The predicted molar refractivity (Wildman–Crippen MR) is 94.2 cm³/mol. The number of hydrogen-bond donors (Lipinski definition) is 1. The Morgan fingerprint density at radius 1 is 1.17 bits per heavy atom. The molecule has 0 bridgehead atoms. The first-order chi connectivity index (χ1) is 10.8. The zero-order valence-corrected chi connectivity index (χ0v) is 13.7. The van der Waals surface area contributed by atoms with E-state index in [0.717, 1.165) is 18.5 Å². The molecule has 1 saturated heterocycles. The van der Waals surface area contributed by atoms with Crippen LogP contribution >= 0.6 is 12.4 Å². The van der Waals surface area contributed by atoms with Gasteiger partial charge in [-0.1, -0.05) is 24.3 Å². The normalized spacial score (nSPS) is 17.6. The third kappa shape index (κ3) is 2.53. The van der Waals surface area contributed by atoms with Crippen molar-refractivity contribution in [3.05, 3.63) is 48.0 Å². The molecule has 1 fully saturated rings. The average molecular weight is 331 g/mol. The highest BCUT2D eigenvalue weighted by Crippen LogP contribution is 2.32.